The molecule has 138 valence electrons. The van der Waals surface area contributed by atoms with E-state index in [1.807, 2.05) is 36.4 Å². The molecule has 0 heterocycles. The maximum atomic E-state index is 10.6. The Hall–Kier alpha value is -2.81. The van der Waals surface area contributed by atoms with Gasteiger partial charge in [0.05, 0.1) is 0 Å². The Morgan fingerprint density at radius 2 is 1.78 bits per heavy atom. The number of aliphatic carboxylic acids is 1. The summed E-state index contributed by atoms with van der Waals surface area (Å²) < 4.78 is 0. The van der Waals surface area contributed by atoms with Crippen molar-refractivity contribution in [2.45, 2.75) is 31.6 Å². The van der Waals surface area contributed by atoms with Gasteiger partial charge in [-0.2, -0.15) is 0 Å². The number of hydrogen-bond acceptors (Lipinski definition) is 2. The van der Waals surface area contributed by atoms with Crippen molar-refractivity contribution in [3.05, 3.63) is 71.8 Å². The molecular weight excluding hydrogens is 336 g/mol. The molecule has 4 rings (SSSR count). The number of aromatic hydroxyl groups is 1. The summed E-state index contributed by atoms with van der Waals surface area (Å²) in [6, 6.07) is 13.7. The van der Waals surface area contributed by atoms with Gasteiger partial charge in [-0.15, -0.1) is 0 Å². The molecule has 2 aliphatic rings. The topological polar surface area (TPSA) is 57.5 Å². The Kier molecular flexibility index (Phi) is 4.85. The lowest BCUT2D eigenvalue weighted by molar-refractivity contribution is -0.131. The molecule has 0 spiro atoms. The van der Waals surface area contributed by atoms with E-state index in [4.69, 9.17) is 5.11 Å². The number of carboxylic acids is 1. The van der Waals surface area contributed by atoms with Gasteiger partial charge in [0.25, 0.3) is 0 Å². The van der Waals surface area contributed by atoms with E-state index in [-0.39, 0.29) is 0 Å². The minimum Gasteiger partial charge on any atom is -0.508 e. The van der Waals surface area contributed by atoms with Crippen molar-refractivity contribution >= 4 is 12.0 Å². The molecule has 27 heavy (non-hydrogen) atoms. The highest BCUT2D eigenvalue weighted by Crippen LogP contribution is 2.46. The first-order valence-electron chi connectivity index (χ1n) is 9.59. The van der Waals surface area contributed by atoms with E-state index in [2.05, 4.69) is 18.2 Å². The van der Waals surface area contributed by atoms with Crippen molar-refractivity contribution in [2.24, 2.45) is 11.8 Å². The third-order valence-corrected chi connectivity index (χ3v) is 5.85. The number of hydrogen-bond donors (Lipinski definition) is 2. The third kappa shape index (κ3) is 3.97. The molecule has 3 unspecified atom stereocenters. The average Bonchev–Trinajstić information content (AvgIpc) is 2.67. The van der Waals surface area contributed by atoms with E-state index in [0.717, 1.165) is 47.1 Å². The molecule has 3 atom stereocenters. The number of phenolic OH excluding ortho intramolecular Hbond substituents is 1. The van der Waals surface area contributed by atoms with Crippen LogP contribution in [0.5, 0.6) is 5.75 Å². The van der Waals surface area contributed by atoms with Gasteiger partial charge in [-0.3, -0.25) is 0 Å². The van der Waals surface area contributed by atoms with Crippen LogP contribution < -0.4 is 0 Å². The van der Waals surface area contributed by atoms with Crippen LogP contribution in [0.3, 0.4) is 0 Å². The molecular formula is C24H24O3. The largest absolute Gasteiger partial charge is 0.508 e. The van der Waals surface area contributed by atoms with E-state index in [0.29, 0.717) is 17.6 Å². The summed E-state index contributed by atoms with van der Waals surface area (Å²) in [5, 5.41) is 19.2. The summed E-state index contributed by atoms with van der Waals surface area (Å²) in [5.41, 5.74) is 4.07. The third-order valence-electron chi connectivity index (χ3n) is 5.85. The van der Waals surface area contributed by atoms with E-state index >= 15 is 0 Å². The number of benzene rings is 2. The zero-order chi connectivity index (χ0) is 18.8. The van der Waals surface area contributed by atoms with Crippen molar-refractivity contribution in [3.63, 3.8) is 0 Å². The summed E-state index contributed by atoms with van der Waals surface area (Å²) in [7, 11) is 0. The lowest BCUT2D eigenvalue weighted by Gasteiger charge is -2.36. The van der Waals surface area contributed by atoms with Crippen LogP contribution in [0.15, 0.2) is 60.7 Å². The monoisotopic (exact) mass is 360 g/mol. The fraction of sp³-hybridized carbons (Fsp3) is 0.292. The highest BCUT2D eigenvalue weighted by Gasteiger charge is 2.31. The fourth-order valence-corrected chi connectivity index (χ4v) is 4.57. The van der Waals surface area contributed by atoms with Gasteiger partial charge in [0, 0.05) is 6.08 Å². The maximum absolute atomic E-state index is 10.6. The van der Waals surface area contributed by atoms with Crippen LogP contribution >= 0.6 is 0 Å². The van der Waals surface area contributed by atoms with Crippen LogP contribution in [0, 0.1) is 11.8 Å². The van der Waals surface area contributed by atoms with Crippen LogP contribution in [0.4, 0.5) is 0 Å². The molecule has 0 amide bonds. The molecule has 0 radical (unpaired) electrons. The van der Waals surface area contributed by atoms with E-state index in [1.54, 1.807) is 6.08 Å². The Labute approximate surface area is 159 Å². The molecule has 1 saturated carbocycles. The van der Waals surface area contributed by atoms with E-state index in [9.17, 15) is 9.90 Å². The average molecular weight is 360 g/mol. The van der Waals surface area contributed by atoms with Gasteiger partial charge in [0.15, 0.2) is 0 Å². The quantitative estimate of drug-likeness (QED) is 0.550. The lowest BCUT2D eigenvalue weighted by Crippen LogP contribution is -2.23. The number of allylic oxidation sites excluding steroid dienone is 2. The minimum atomic E-state index is -0.950. The van der Waals surface area contributed by atoms with Crippen molar-refractivity contribution in [1.29, 1.82) is 0 Å². The number of carboxylic acid groups (broad SMARTS) is 1. The predicted molar refractivity (Wildman–Crippen MR) is 108 cm³/mol. The van der Waals surface area contributed by atoms with Crippen LogP contribution in [-0.2, 0) is 4.79 Å². The molecule has 2 N–H and O–H groups in total. The Bertz CT molecular complexity index is 892. The summed E-state index contributed by atoms with van der Waals surface area (Å²) >= 11 is 0. The zero-order valence-electron chi connectivity index (χ0n) is 15.2. The van der Waals surface area contributed by atoms with Crippen LogP contribution in [0.2, 0.25) is 0 Å². The smallest absolute Gasteiger partial charge is 0.328 e. The standard InChI is InChI=1S/C24H24O3/c25-23-10-9-20(19-7-4-16(5-8-19)6-11-24(26)27)15-22(23)21-13-17-2-1-3-18(12-17)14-21/h1-2,4-11,15,17-18,21,25H,3,12-14H2,(H,26,27)/b11-6+. The van der Waals surface area contributed by atoms with Gasteiger partial charge in [0.1, 0.15) is 5.75 Å². The molecule has 1 fully saturated rings. The van der Waals surface area contributed by atoms with Crippen molar-refractivity contribution in [3.8, 4) is 16.9 Å². The van der Waals surface area contributed by atoms with Crippen molar-refractivity contribution < 1.29 is 15.0 Å². The van der Waals surface area contributed by atoms with Crippen LogP contribution in [-0.4, -0.2) is 16.2 Å². The normalized spacial score (nSPS) is 24.2. The molecule has 0 aromatic heterocycles. The molecule has 2 aliphatic carbocycles. The van der Waals surface area contributed by atoms with Gasteiger partial charge in [-0.1, -0.05) is 42.5 Å². The van der Waals surface area contributed by atoms with Gasteiger partial charge in [-0.05, 0) is 83.9 Å². The molecule has 0 saturated heterocycles. The van der Waals surface area contributed by atoms with Gasteiger partial charge in [-0.25, -0.2) is 4.79 Å². The summed E-state index contributed by atoms with van der Waals surface area (Å²) in [6.07, 6.45) is 12.1. The van der Waals surface area contributed by atoms with E-state index < -0.39 is 5.97 Å². The van der Waals surface area contributed by atoms with E-state index in [1.165, 1.54) is 12.8 Å². The zero-order valence-corrected chi connectivity index (χ0v) is 15.2. The first-order chi connectivity index (χ1) is 13.1. The molecule has 2 aromatic rings. The summed E-state index contributed by atoms with van der Waals surface area (Å²) in [5.74, 6) is 1.24. The SMILES string of the molecule is O=C(O)/C=C/c1ccc(-c2ccc(O)c(C3CC4C=CCC(C4)C3)c2)cc1. The van der Waals surface area contributed by atoms with Crippen molar-refractivity contribution in [1.82, 2.24) is 0 Å². The first kappa shape index (κ1) is 17.6. The number of rotatable bonds is 4. The molecule has 3 heteroatoms. The first-order valence-corrected chi connectivity index (χ1v) is 9.59. The molecule has 0 aliphatic heterocycles. The second kappa shape index (κ2) is 7.43. The highest BCUT2D eigenvalue weighted by molar-refractivity contribution is 5.85. The van der Waals surface area contributed by atoms with Gasteiger partial charge in [0.2, 0.25) is 0 Å². The van der Waals surface area contributed by atoms with Crippen LogP contribution in [0.1, 0.15) is 42.7 Å². The number of carbonyl (C=O) groups is 1. The molecule has 2 aromatic carbocycles. The van der Waals surface area contributed by atoms with Gasteiger partial charge < -0.3 is 10.2 Å². The van der Waals surface area contributed by atoms with Crippen molar-refractivity contribution in [2.75, 3.05) is 0 Å². The Morgan fingerprint density at radius 3 is 2.52 bits per heavy atom. The lowest BCUT2D eigenvalue weighted by atomic mass is 9.69. The second-order valence-electron chi connectivity index (χ2n) is 7.76. The highest BCUT2D eigenvalue weighted by atomic mass is 16.4. The Balaban J connectivity index is 1.59. The molecule has 2 bridgehead atoms. The Morgan fingerprint density at radius 1 is 1.00 bits per heavy atom. The second-order valence-corrected chi connectivity index (χ2v) is 7.76. The maximum Gasteiger partial charge on any atom is 0.328 e. The summed E-state index contributed by atoms with van der Waals surface area (Å²) in [6.45, 7) is 0. The summed E-state index contributed by atoms with van der Waals surface area (Å²) in [4.78, 5) is 10.6. The number of fused-ring (bicyclic) bond motifs is 2. The predicted octanol–water partition coefficient (Wildman–Crippen LogP) is 5.62. The number of phenols is 1. The molecule has 3 nitrogen and oxygen atoms in total. The van der Waals surface area contributed by atoms with Gasteiger partial charge >= 0.3 is 5.97 Å². The van der Waals surface area contributed by atoms with Crippen LogP contribution in [0.25, 0.3) is 17.2 Å². The fourth-order valence-electron chi connectivity index (χ4n) is 4.57. The minimum absolute atomic E-state index is 0.397.